The molecule has 0 aromatic heterocycles. The van der Waals surface area contributed by atoms with Crippen LogP contribution in [0.3, 0.4) is 0 Å². The van der Waals surface area contributed by atoms with Gasteiger partial charge in [0.2, 0.25) is 4.90 Å². The van der Waals surface area contributed by atoms with E-state index in [0.717, 1.165) is 14.7 Å². The lowest BCUT2D eigenvalue weighted by Crippen LogP contribution is -2.28. The SMILES string of the molecule is CC(C)(C)OC(=O)COc1cccc(OCC(=O)OC(C)(C)C)c1[S+](c1ccccc1)c1ccccc1.O=S(=O)([O-])c1ccc(F)cc1F. The number of hydrogen-bond donors (Lipinski definition) is 0. The molecule has 0 bridgehead atoms. The van der Waals surface area contributed by atoms with E-state index in [9.17, 15) is 31.3 Å². The van der Waals surface area contributed by atoms with Gasteiger partial charge < -0.3 is 23.5 Å². The van der Waals surface area contributed by atoms with Crippen molar-refractivity contribution >= 4 is 33.0 Å². The van der Waals surface area contributed by atoms with Gasteiger partial charge in [0.15, 0.2) is 34.5 Å². The van der Waals surface area contributed by atoms with Gasteiger partial charge in [0.05, 0.1) is 4.90 Å². The molecule has 49 heavy (non-hydrogen) atoms. The Labute approximate surface area is 288 Å². The molecule has 0 saturated heterocycles. The Morgan fingerprint density at radius 2 is 1.10 bits per heavy atom. The molecule has 0 saturated carbocycles. The minimum atomic E-state index is -4.84. The first-order chi connectivity index (χ1) is 22.8. The molecular formula is C36H38F2O9S2. The fourth-order valence-electron chi connectivity index (χ4n) is 4.10. The van der Waals surface area contributed by atoms with Gasteiger partial charge in [0, 0.05) is 6.07 Å². The van der Waals surface area contributed by atoms with E-state index in [1.165, 1.54) is 0 Å². The van der Waals surface area contributed by atoms with Gasteiger partial charge in [-0.1, -0.05) is 42.5 Å². The number of ether oxygens (including phenoxy) is 4. The molecule has 0 aliphatic carbocycles. The average molecular weight is 717 g/mol. The number of rotatable bonds is 10. The lowest BCUT2D eigenvalue weighted by molar-refractivity contribution is -0.158. The molecule has 0 unspecified atom stereocenters. The molecule has 13 heteroatoms. The standard InChI is InChI=1S/C30H35O6S.C6H4F2O3S/c1-29(2,3)35-26(31)20-33-24-18-13-19-25(34-21-27(32)36-30(4,5)6)28(24)37(22-14-9-7-10-15-22)23-16-11-8-12-17-23;7-4-1-2-6(5(8)3-4)12(9,10)11/h7-19H,20-21H2,1-6H3;1-3H,(H,9,10,11)/q+1;/p-1. The first-order valence-electron chi connectivity index (χ1n) is 14.9. The van der Waals surface area contributed by atoms with Crippen molar-refractivity contribution in [3.05, 3.63) is 109 Å². The average Bonchev–Trinajstić information content (AvgIpc) is 2.99. The van der Waals surface area contributed by atoms with Gasteiger partial charge in [-0.05, 0) is 90.1 Å². The number of halogens is 2. The molecule has 4 aromatic carbocycles. The molecule has 0 spiro atoms. The van der Waals surface area contributed by atoms with Crippen LogP contribution in [0.4, 0.5) is 8.78 Å². The summed E-state index contributed by atoms with van der Waals surface area (Å²) in [5.41, 5.74) is -1.25. The molecule has 0 amide bonds. The first kappa shape index (κ1) is 39.0. The van der Waals surface area contributed by atoms with Crippen LogP contribution in [0.5, 0.6) is 11.5 Å². The maximum Gasteiger partial charge on any atom is 0.344 e. The predicted molar refractivity (Wildman–Crippen MR) is 178 cm³/mol. The normalized spacial score (nSPS) is 11.6. The summed E-state index contributed by atoms with van der Waals surface area (Å²) in [4.78, 5) is 26.7. The molecule has 262 valence electrons. The van der Waals surface area contributed by atoms with Crippen molar-refractivity contribution < 1.29 is 50.3 Å². The molecule has 0 aliphatic rings. The van der Waals surface area contributed by atoms with Gasteiger partial charge in [-0.25, -0.2) is 26.8 Å². The number of esters is 2. The van der Waals surface area contributed by atoms with Gasteiger partial charge in [0.1, 0.15) is 43.8 Å². The van der Waals surface area contributed by atoms with Gasteiger partial charge in [-0.3, -0.25) is 0 Å². The number of benzene rings is 4. The van der Waals surface area contributed by atoms with Crippen LogP contribution in [0.25, 0.3) is 0 Å². The molecule has 4 rings (SSSR count). The molecule has 4 aromatic rings. The summed E-state index contributed by atoms with van der Waals surface area (Å²) < 4.78 is 78.4. The van der Waals surface area contributed by atoms with Gasteiger partial charge in [-0.15, -0.1) is 0 Å². The molecule has 0 N–H and O–H groups in total. The summed E-state index contributed by atoms with van der Waals surface area (Å²) in [6.45, 7) is 10.3. The Balaban J connectivity index is 0.000000456. The Morgan fingerprint density at radius 3 is 1.47 bits per heavy atom. The summed E-state index contributed by atoms with van der Waals surface area (Å²) in [7, 11) is -5.50. The lowest BCUT2D eigenvalue weighted by atomic mass is 10.2. The highest BCUT2D eigenvalue weighted by Gasteiger charge is 2.36. The third-order valence-corrected chi connectivity index (χ3v) is 8.97. The Bertz CT molecular complexity index is 1730. The van der Waals surface area contributed by atoms with E-state index in [0.29, 0.717) is 29.7 Å². The van der Waals surface area contributed by atoms with Crippen LogP contribution in [-0.4, -0.2) is 49.3 Å². The summed E-state index contributed by atoms with van der Waals surface area (Å²) in [5.74, 6) is -2.30. The number of carbonyl (C=O) groups is 2. The van der Waals surface area contributed by atoms with E-state index in [4.69, 9.17) is 18.9 Å². The molecule has 0 heterocycles. The molecule has 9 nitrogen and oxygen atoms in total. The van der Waals surface area contributed by atoms with Crippen molar-refractivity contribution in [1.29, 1.82) is 0 Å². The van der Waals surface area contributed by atoms with Gasteiger partial charge in [-0.2, -0.15) is 0 Å². The third-order valence-electron chi connectivity index (χ3n) is 5.80. The van der Waals surface area contributed by atoms with E-state index in [-0.39, 0.29) is 13.2 Å². The van der Waals surface area contributed by atoms with Crippen LogP contribution < -0.4 is 9.47 Å². The fourth-order valence-corrected chi connectivity index (χ4v) is 6.89. The van der Waals surface area contributed by atoms with Crippen LogP contribution in [0, 0.1) is 11.6 Å². The van der Waals surface area contributed by atoms with Crippen molar-refractivity contribution in [2.75, 3.05) is 13.2 Å². The Morgan fingerprint density at radius 1 is 0.673 bits per heavy atom. The maximum absolute atomic E-state index is 12.5. The lowest BCUT2D eigenvalue weighted by Gasteiger charge is -2.21. The molecule has 0 aliphatic heterocycles. The van der Waals surface area contributed by atoms with Gasteiger partial charge in [0.25, 0.3) is 0 Å². The van der Waals surface area contributed by atoms with Crippen molar-refractivity contribution in [2.45, 2.75) is 72.3 Å². The van der Waals surface area contributed by atoms with Crippen molar-refractivity contribution in [2.24, 2.45) is 0 Å². The smallest absolute Gasteiger partial charge is 0.344 e. The minimum absolute atomic E-state index is 0.263. The second-order valence-electron chi connectivity index (χ2n) is 12.3. The second-order valence-corrected chi connectivity index (χ2v) is 15.6. The highest BCUT2D eigenvalue weighted by molar-refractivity contribution is 7.97. The highest BCUT2D eigenvalue weighted by atomic mass is 32.2. The molecular weight excluding hydrogens is 679 g/mol. The summed E-state index contributed by atoms with van der Waals surface area (Å²) >= 11 is 0. The van der Waals surface area contributed by atoms with E-state index >= 15 is 0 Å². The Hall–Kier alpha value is -4.46. The summed E-state index contributed by atoms with van der Waals surface area (Å²) in [6, 6.07) is 27.0. The minimum Gasteiger partial charge on any atom is -0.744 e. The van der Waals surface area contributed by atoms with Crippen LogP contribution in [0.2, 0.25) is 0 Å². The van der Waals surface area contributed by atoms with Gasteiger partial charge >= 0.3 is 11.9 Å². The monoisotopic (exact) mass is 716 g/mol. The van der Waals surface area contributed by atoms with Crippen LogP contribution >= 0.6 is 0 Å². The van der Waals surface area contributed by atoms with Crippen LogP contribution in [0.1, 0.15) is 41.5 Å². The molecule has 0 radical (unpaired) electrons. The van der Waals surface area contributed by atoms with E-state index in [2.05, 4.69) is 0 Å². The summed E-state index contributed by atoms with van der Waals surface area (Å²) in [6.07, 6.45) is 0. The number of hydrogen-bond acceptors (Lipinski definition) is 9. The largest absolute Gasteiger partial charge is 0.744 e. The quantitative estimate of drug-likeness (QED) is 0.0960. The summed E-state index contributed by atoms with van der Waals surface area (Å²) in [5, 5.41) is 0. The zero-order valence-electron chi connectivity index (χ0n) is 27.9. The predicted octanol–water partition coefficient (Wildman–Crippen LogP) is 7.09. The Kier molecular flexibility index (Phi) is 13.3. The van der Waals surface area contributed by atoms with Crippen molar-refractivity contribution in [3.8, 4) is 11.5 Å². The highest BCUT2D eigenvalue weighted by Crippen LogP contribution is 2.42. The van der Waals surface area contributed by atoms with E-state index in [1.54, 1.807) is 18.2 Å². The van der Waals surface area contributed by atoms with Crippen LogP contribution in [0.15, 0.2) is 117 Å². The molecule has 0 fully saturated rings. The topological polar surface area (TPSA) is 128 Å². The zero-order valence-corrected chi connectivity index (χ0v) is 29.5. The van der Waals surface area contributed by atoms with Crippen molar-refractivity contribution in [1.82, 2.24) is 0 Å². The third kappa shape index (κ3) is 12.8. The first-order valence-corrected chi connectivity index (χ1v) is 17.5. The number of carbonyl (C=O) groups excluding carboxylic acids is 2. The zero-order chi connectivity index (χ0) is 36.4. The van der Waals surface area contributed by atoms with E-state index in [1.807, 2.05) is 102 Å². The second kappa shape index (κ2) is 16.8. The molecule has 0 atom stereocenters. The van der Waals surface area contributed by atoms with Crippen LogP contribution in [-0.2, 0) is 40.1 Å². The van der Waals surface area contributed by atoms with Crippen molar-refractivity contribution in [3.63, 3.8) is 0 Å². The maximum atomic E-state index is 12.5. The van der Waals surface area contributed by atoms with E-state index < -0.39 is 60.7 Å². The fraction of sp³-hybridized carbons (Fsp3) is 0.278.